The van der Waals surface area contributed by atoms with Gasteiger partial charge < -0.3 is 14.6 Å². The maximum Gasteiger partial charge on any atom is 0.165 e. The molecule has 0 aromatic rings. The molecule has 0 radical (unpaired) electrons. The van der Waals surface area contributed by atoms with E-state index in [1.54, 1.807) is 13.8 Å². The third-order valence-corrected chi connectivity index (χ3v) is 1.97. The lowest BCUT2D eigenvalue weighted by Gasteiger charge is -2.15. The zero-order valence-electron chi connectivity index (χ0n) is 5.53. The second-order valence-electron chi connectivity index (χ2n) is 2.64. The maximum atomic E-state index is 10.2. The lowest BCUT2D eigenvalue weighted by Crippen LogP contribution is -2.16. The molecule has 0 rings (SSSR count). The van der Waals surface area contributed by atoms with Crippen LogP contribution in [0.1, 0.15) is 13.8 Å². The first-order valence-corrected chi connectivity index (χ1v) is 4.03. The van der Waals surface area contributed by atoms with Gasteiger partial charge >= 0.3 is 0 Å². The van der Waals surface area contributed by atoms with Crippen molar-refractivity contribution in [2.45, 2.75) is 13.8 Å². The fraction of sp³-hybridized carbons (Fsp3) is 0.800. The number of carbonyl (C=O) groups excluding carboxylic acids is 1. The molecule has 0 unspecified atom stereocenters. The van der Waals surface area contributed by atoms with Crippen molar-refractivity contribution >= 4 is 14.7 Å². The fourth-order valence-electron chi connectivity index (χ4n) is 0.402. The summed E-state index contributed by atoms with van der Waals surface area (Å²) in [7, 11) is -1.93. The summed E-state index contributed by atoms with van der Waals surface area (Å²) in [5, 5.41) is 0. The molecule has 0 bridgehead atoms. The minimum absolute atomic E-state index is 0.159. The molecule has 9 heavy (non-hydrogen) atoms. The van der Waals surface area contributed by atoms with Crippen molar-refractivity contribution in [3.63, 3.8) is 0 Å². The van der Waals surface area contributed by atoms with E-state index in [0.717, 1.165) is 6.29 Å². The average molecular weight is 150 g/mol. The highest BCUT2D eigenvalue weighted by Crippen LogP contribution is 2.31. The minimum Gasteiger partial charge on any atom is -0.350 e. The second kappa shape index (κ2) is 3.25. The summed E-state index contributed by atoms with van der Waals surface area (Å²) in [4.78, 5) is 27.1. The molecule has 0 fully saturated rings. The van der Waals surface area contributed by atoms with Crippen molar-refractivity contribution < 1.29 is 14.6 Å². The quantitative estimate of drug-likeness (QED) is 0.455. The topological polar surface area (TPSA) is 57.5 Å². The third kappa shape index (κ3) is 4.52. The first-order chi connectivity index (χ1) is 3.98. The van der Waals surface area contributed by atoms with Gasteiger partial charge in [-0.15, -0.1) is 0 Å². The van der Waals surface area contributed by atoms with Crippen LogP contribution in [0.5, 0.6) is 0 Å². The second-order valence-corrected chi connectivity index (χ2v) is 3.70. The Balaban J connectivity index is 3.71. The minimum atomic E-state index is -1.93. The molecule has 4 heteroatoms. The van der Waals surface area contributed by atoms with Crippen LogP contribution in [0.25, 0.3) is 0 Å². The summed E-state index contributed by atoms with van der Waals surface area (Å²) in [6, 6.07) is 0. The van der Waals surface area contributed by atoms with Gasteiger partial charge in [-0.25, -0.2) is 0 Å². The van der Waals surface area contributed by atoms with Gasteiger partial charge in [0, 0.05) is 11.6 Å². The van der Waals surface area contributed by atoms with Gasteiger partial charge in [0.05, 0.1) is 0 Å². The van der Waals surface area contributed by atoms with Gasteiger partial charge in [0.1, 0.15) is 6.29 Å². The first-order valence-electron chi connectivity index (χ1n) is 2.59. The van der Waals surface area contributed by atoms with Crippen LogP contribution >= 0.6 is 8.38 Å². The van der Waals surface area contributed by atoms with Gasteiger partial charge in [-0.2, -0.15) is 0 Å². The summed E-state index contributed by atoms with van der Waals surface area (Å²) in [6.45, 7) is 3.34. The van der Waals surface area contributed by atoms with E-state index in [4.69, 9.17) is 9.79 Å². The molecule has 0 saturated carbocycles. The Hall–Kier alpha value is 0.0200. The smallest absolute Gasteiger partial charge is 0.165 e. The van der Waals surface area contributed by atoms with E-state index in [1.807, 2.05) is 0 Å². The highest BCUT2D eigenvalue weighted by molar-refractivity contribution is 7.45. The number of carbonyl (C=O) groups is 1. The predicted octanol–water partition coefficient (Wildman–Crippen LogP) is 0.508. The first kappa shape index (κ1) is 9.02. The van der Waals surface area contributed by atoms with E-state index in [9.17, 15) is 4.79 Å². The molecule has 0 saturated heterocycles. The van der Waals surface area contributed by atoms with Gasteiger partial charge in [-0.1, -0.05) is 13.8 Å². The number of aldehydes is 1. The molecule has 0 spiro atoms. The maximum absolute atomic E-state index is 10.2. The Morgan fingerprint density at radius 2 is 2.00 bits per heavy atom. The van der Waals surface area contributed by atoms with E-state index in [1.165, 1.54) is 0 Å². The Morgan fingerprint density at radius 1 is 1.56 bits per heavy atom. The van der Waals surface area contributed by atoms with E-state index in [-0.39, 0.29) is 6.16 Å². The molecule has 0 amide bonds. The fourth-order valence-corrected chi connectivity index (χ4v) is 1.21. The summed E-state index contributed by atoms with van der Waals surface area (Å²) in [5.41, 5.74) is -0.588. The molecule has 0 atom stereocenters. The van der Waals surface area contributed by atoms with Crippen LogP contribution in [0.15, 0.2) is 0 Å². The summed E-state index contributed by atoms with van der Waals surface area (Å²) < 4.78 is 0. The number of rotatable bonds is 3. The van der Waals surface area contributed by atoms with E-state index < -0.39 is 13.8 Å². The molecule has 0 aromatic heterocycles. The van der Waals surface area contributed by atoms with Crippen LogP contribution in [0, 0.1) is 5.41 Å². The van der Waals surface area contributed by atoms with Gasteiger partial charge in [0.2, 0.25) is 0 Å². The number of hydrogen-bond donors (Lipinski definition) is 2. The van der Waals surface area contributed by atoms with Crippen molar-refractivity contribution in [2.75, 3.05) is 6.16 Å². The normalized spacial score (nSPS) is 12.1. The van der Waals surface area contributed by atoms with Crippen LogP contribution in [0.3, 0.4) is 0 Å². The molecule has 0 heterocycles. The van der Waals surface area contributed by atoms with Crippen LogP contribution in [0.4, 0.5) is 0 Å². The van der Waals surface area contributed by atoms with Crippen molar-refractivity contribution in [1.82, 2.24) is 0 Å². The van der Waals surface area contributed by atoms with Gasteiger partial charge in [0.15, 0.2) is 8.38 Å². The molecule has 0 aromatic carbocycles. The van der Waals surface area contributed by atoms with Crippen LogP contribution in [-0.2, 0) is 4.79 Å². The number of hydrogen-bond acceptors (Lipinski definition) is 3. The Morgan fingerprint density at radius 3 is 2.11 bits per heavy atom. The zero-order chi connectivity index (χ0) is 7.49. The van der Waals surface area contributed by atoms with Crippen molar-refractivity contribution in [2.24, 2.45) is 5.41 Å². The Bertz CT molecular complexity index is 100. The molecule has 2 N–H and O–H groups in total. The van der Waals surface area contributed by atoms with Crippen molar-refractivity contribution in [3.8, 4) is 0 Å². The van der Waals surface area contributed by atoms with Gasteiger partial charge in [-0.05, 0) is 0 Å². The van der Waals surface area contributed by atoms with E-state index >= 15 is 0 Å². The molecule has 0 aliphatic carbocycles. The summed E-state index contributed by atoms with van der Waals surface area (Å²) in [6.07, 6.45) is 0.889. The average Bonchev–Trinajstić information content (AvgIpc) is 1.63. The van der Waals surface area contributed by atoms with Gasteiger partial charge in [-0.3, -0.25) is 0 Å². The van der Waals surface area contributed by atoms with E-state index in [2.05, 4.69) is 0 Å². The highest BCUT2D eigenvalue weighted by atomic mass is 31.2. The zero-order valence-corrected chi connectivity index (χ0v) is 6.43. The largest absolute Gasteiger partial charge is 0.350 e. The SMILES string of the molecule is CC(C)(C=O)CP(O)O. The predicted molar refractivity (Wildman–Crippen MR) is 36.1 cm³/mol. The molecule has 54 valence electrons. The van der Waals surface area contributed by atoms with E-state index in [0.29, 0.717) is 0 Å². The van der Waals surface area contributed by atoms with Gasteiger partial charge in [0.25, 0.3) is 0 Å². The molecular formula is C5H11O3P. The molecule has 0 aliphatic heterocycles. The molecule has 3 nitrogen and oxygen atoms in total. The van der Waals surface area contributed by atoms with Crippen molar-refractivity contribution in [3.05, 3.63) is 0 Å². The molecular weight excluding hydrogens is 139 g/mol. The Kier molecular flexibility index (Phi) is 3.26. The Labute approximate surface area is 55.6 Å². The third-order valence-electron chi connectivity index (χ3n) is 0.868. The monoisotopic (exact) mass is 150 g/mol. The highest BCUT2D eigenvalue weighted by Gasteiger charge is 2.20. The van der Waals surface area contributed by atoms with Crippen LogP contribution in [-0.4, -0.2) is 22.2 Å². The molecule has 0 aliphatic rings. The standard InChI is InChI=1S/C5H11O3P/c1-5(2,3-6)4-9(7)8/h3,7-8H,4H2,1-2H3. The lowest BCUT2D eigenvalue weighted by molar-refractivity contribution is -0.113. The van der Waals surface area contributed by atoms with Crippen LogP contribution in [0.2, 0.25) is 0 Å². The van der Waals surface area contributed by atoms with Crippen molar-refractivity contribution in [1.29, 1.82) is 0 Å². The van der Waals surface area contributed by atoms with Crippen LogP contribution < -0.4 is 0 Å². The lowest BCUT2D eigenvalue weighted by atomic mass is 10.00. The summed E-state index contributed by atoms with van der Waals surface area (Å²) in [5.74, 6) is 0. The summed E-state index contributed by atoms with van der Waals surface area (Å²) >= 11 is 0.